The molecule has 2 amide bonds. The van der Waals surface area contributed by atoms with Crippen molar-refractivity contribution in [3.63, 3.8) is 0 Å². The van der Waals surface area contributed by atoms with Gasteiger partial charge in [-0.05, 0) is 68.0 Å². The van der Waals surface area contributed by atoms with E-state index in [9.17, 15) is 4.79 Å². The fourth-order valence-electron chi connectivity index (χ4n) is 4.72. The van der Waals surface area contributed by atoms with Crippen LogP contribution >= 0.6 is 11.6 Å². The van der Waals surface area contributed by atoms with E-state index in [1.54, 1.807) is 37.6 Å². The molecule has 1 aromatic heterocycles. The molecule has 1 aliphatic heterocycles. The van der Waals surface area contributed by atoms with Crippen LogP contribution in [0.2, 0.25) is 5.02 Å². The molecule has 0 saturated carbocycles. The maximum Gasteiger partial charge on any atom is 0.319 e. The van der Waals surface area contributed by atoms with Crippen LogP contribution in [0.5, 0.6) is 23.0 Å². The van der Waals surface area contributed by atoms with Gasteiger partial charge in [0.15, 0.2) is 11.5 Å². The second kappa shape index (κ2) is 14.1. The van der Waals surface area contributed by atoms with Crippen molar-refractivity contribution in [2.45, 2.75) is 40.0 Å². The van der Waals surface area contributed by atoms with Gasteiger partial charge in [0.2, 0.25) is 0 Å². The van der Waals surface area contributed by atoms with Crippen LogP contribution in [-0.4, -0.2) is 67.5 Å². The number of rotatable bonds is 11. The molecular weight excluding hydrogens is 544 g/mol. The number of methoxy groups -OCH3 is 1. The number of fused-ring (bicyclic) bond motifs is 1. The number of hydrogen-bond donors (Lipinski definition) is 3. The van der Waals surface area contributed by atoms with Gasteiger partial charge in [-0.15, -0.1) is 0 Å². The molecule has 0 unspecified atom stereocenters. The SMILES string of the molecule is COc1cc2c(Oc3ccc(NC(=O)NCCC(C)(C)C)c(Cl)c3)ccnc2cc1OCC1CCN(CCO)CC1. The Hall–Kier alpha value is -3.27. The number of halogens is 1. The number of nitrogens with one attached hydrogen (secondary N) is 2. The van der Waals surface area contributed by atoms with Crippen LogP contribution in [0, 0.1) is 11.3 Å². The Morgan fingerprint density at radius 3 is 2.59 bits per heavy atom. The lowest BCUT2D eigenvalue weighted by Crippen LogP contribution is -2.37. The zero-order chi connectivity index (χ0) is 29.4. The van der Waals surface area contributed by atoms with E-state index < -0.39 is 0 Å². The molecule has 0 aliphatic carbocycles. The van der Waals surface area contributed by atoms with Crippen molar-refractivity contribution in [2.24, 2.45) is 11.3 Å². The first-order valence-corrected chi connectivity index (χ1v) is 14.5. The summed E-state index contributed by atoms with van der Waals surface area (Å²) < 4.78 is 18.0. The van der Waals surface area contributed by atoms with Gasteiger partial charge in [-0.3, -0.25) is 4.98 Å². The normalized spacial score (nSPS) is 14.6. The summed E-state index contributed by atoms with van der Waals surface area (Å²) in [4.78, 5) is 19.1. The van der Waals surface area contributed by atoms with E-state index in [2.05, 4.69) is 41.3 Å². The molecule has 0 atom stereocenters. The number of carbonyl (C=O) groups is 1. The number of carbonyl (C=O) groups excluding carboxylic acids is 1. The number of piperidine rings is 1. The number of amides is 2. The lowest BCUT2D eigenvalue weighted by Gasteiger charge is -2.31. The number of aliphatic hydroxyl groups excluding tert-OH is 1. The lowest BCUT2D eigenvalue weighted by atomic mass is 9.92. The molecule has 1 fully saturated rings. The molecule has 9 nitrogen and oxygen atoms in total. The second-order valence-corrected chi connectivity index (χ2v) is 12.0. The summed E-state index contributed by atoms with van der Waals surface area (Å²) in [6, 6.07) is 10.4. The average Bonchev–Trinajstić information content (AvgIpc) is 2.93. The number of pyridine rings is 1. The maximum atomic E-state index is 12.3. The first kappa shape index (κ1) is 30.7. The smallest absolute Gasteiger partial charge is 0.319 e. The quantitative estimate of drug-likeness (QED) is 0.242. The van der Waals surface area contributed by atoms with Gasteiger partial charge in [-0.2, -0.15) is 0 Å². The van der Waals surface area contributed by atoms with Crippen LogP contribution < -0.4 is 24.8 Å². The van der Waals surface area contributed by atoms with E-state index >= 15 is 0 Å². The second-order valence-electron chi connectivity index (χ2n) is 11.6. The summed E-state index contributed by atoms with van der Waals surface area (Å²) in [5.74, 6) is 2.80. The van der Waals surface area contributed by atoms with Crippen molar-refractivity contribution in [3.8, 4) is 23.0 Å². The predicted octanol–water partition coefficient (Wildman–Crippen LogP) is 6.33. The lowest BCUT2D eigenvalue weighted by molar-refractivity contribution is 0.121. The first-order chi connectivity index (χ1) is 19.6. The van der Waals surface area contributed by atoms with Gasteiger partial charge in [0.05, 0.1) is 36.6 Å². The van der Waals surface area contributed by atoms with Crippen molar-refractivity contribution in [1.82, 2.24) is 15.2 Å². The van der Waals surface area contributed by atoms with E-state index in [4.69, 9.17) is 30.9 Å². The van der Waals surface area contributed by atoms with E-state index in [0.29, 0.717) is 58.3 Å². The van der Waals surface area contributed by atoms with Crippen LogP contribution in [0.1, 0.15) is 40.0 Å². The summed E-state index contributed by atoms with van der Waals surface area (Å²) in [7, 11) is 1.61. The number of aliphatic hydroxyl groups is 1. The molecule has 0 bridgehead atoms. The number of hydrogen-bond acceptors (Lipinski definition) is 7. The summed E-state index contributed by atoms with van der Waals surface area (Å²) in [6.45, 7) is 10.4. The minimum absolute atomic E-state index is 0.138. The highest BCUT2D eigenvalue weighted by molar-refractivity contribution is 6.33. The fourth-order valence-corrected chi connectivity index (χ4v) is 4.94. The highest BCUT2D eigenvalue weighted by Crippen LogP contribution is 2.38. The Morgan fingerprint density at radius 2 is 1.90 bits per heavy atom. The number of ether oxygens (including phenoxy) is 3. The van der Waals surface area contributed by atoms with Gasteiger partial charge >= 0.3 is 6.03 Å². The first-order valence-electron chi connectivity index (χ1n) is 14.1. The van der Waals surface area contributed by atoms with Crippen molar-refractivity contribution in [2.75, 3.05) is 51.8 Å². The Morgan fingerprint density at radius 1 is 1.12 bits per heavy atom. The number of anilines is 1. The van der Waals surface area contributed by atoms with Gasteiger partial charge in [-0.25, -0.2) is 4.79 Å². The van der Waals surface area contributed by atoms with Gasteiger partial charge in [0, 0.05) is 36.8 Å². The molecule has 10 heteroatoms. The van der Waals surface area contributed by atoms with Crippen LogP contribution in [0.3, 0.4) is 0 Å². The van der Waals surface area contributed by atoms with Gasteiger partial charge in [0.25, 0.3) is 0 Å². The van der Waals surface area contributed by atoms with Crippen LogP contribution in [0.15, 0.2) is 42.6 Å². The van der Waals surface area contributed by atoms with Crippen LogP contribution in [0.25, 0.3) is 10.9 Å². The molecule has 0 radical (unpaired) electrons. The van der Waals surface area contributed by atoms with Gasteiger partial charge in [0.1, 0.15) is 11.5 Å². The van der Waals surface area contributed by atoms with Crippen molar-refractivity contribution < 1.29 is 24.1 Å². The number of aromatic nitrogens is 1. The molecule has 41 heavy (non-hydrogen) atoms. The Labute approximate surface area is 247 Å². The molecule has 3 aromatic rings. The average molecular weight is 585 g/mol. The molecule has 4 rings (SSSR count). The minimum atomic E-state index is -0.303. The molecule has 0 spiro atoms. The van der Waals surface area contributed by atoms with Crippen molar-refractivity contribution in [1.29, 1.82) is 0 Å². The van der Waals surface area contributed by atoms with Gasteiger partial charge < -0.3 is 34.9 Å². The topological polar surface area (TPSA) is 105 Å². The molecule has 1 saturated heterocycles. The zero-order valence-electron chi connectivity index (χ0n) is 24.3. The molecule has 2 heterocycles. The summed E-state index contributed by atoms with van der Waals surface area (Å²) in [5.41, 5.74) is 1.35. The van der Waals surface area contributed by atoms with E-state index in [1.807, 2.05) is 12.1 Å². The highest BCUT2D eigenvalue weighted by atomic mass is 35.5. The standard InChI is InChI=1S/C31H41ClN4O5/c1-31(2,3)10-12-34-30(38)35-25-6-5-22(17-24(25)32)41-27-7-11-33-26-19-29(28(39-4)18-23(26)27)40-20-21-8-13-36(14-9-21)15-16-37/h5-7,11,17-19,21,37H,8-10,12-16,20H2,1-4H3,(H2,34,35,38). The molecular formula is C31H41ClN4O5. The third-order valence-corrected chi connectivity index (χ3v) is 7.47. The zero-order valence-corrected chi connectivity index (χ0v) is 25.1. The predicted molar refractivity (Wildman–Crippen MR) is 163 cm³/mol. The molecule has 3 N–H and O–H groups in total. The fraction of sp³-hybridized carbons (Fsp3) is 0.484. The Bertz CT molecular complexity index is 1320. The van der Waals surface area contributed by atoms with Crippen LogP contribution in [0.4, 0.5) is 10.5 Å². The number of nitrogens with zero attached hydrogens (tertiary/aromatic N) is 2. The van der Waals surface area contributed by atoms with E-state index in [-0.39, 0.29) is 18.1 Å². The highest BCUT2D eigenvalue weighted by Gasteiger charge is 2.21. The minimum Gasteiger partial charge on any atom is -0.493 e. The third kappa shape index (κ3) is 8.86. The number of benzene rings is 2. The third-order valence-electron chi connectivity index (χ3n) is 7.16. The summed E-state index contributed by atoms with van der Waals surface area (Å²) >= 11 is 6.47. The number of urea groups is 1. The molecule has 222 valence electrons. The van der Waals surface area contributed by atoms with Crippen molar-refractivity contribution >= 4 is 34.2 Å². The van der Waals surface area contributed by atoms with E-state index in [1.165, 1.54) is 0 Å². The van der Waals surface area contributed by atoms with E-state index in [0.717, 1.165) is 44.3 Å². The van der Waals surface area contributed by atoms with Crippen LogP contribution in [-0.2, 0) is 0 Å². The molecule has 1 aliphatic rings. The summed E-state index contributed by atoms with van der Waals surface area (Å²) in [5, 5.41) is 15.9. The monoisotopic (exact) mass is 584 g/mol. The largest absolute Gasteiger partial charge is 0.493 e. The maximum absolute atomic E-state index is 12.3. The Kier molecular flexibility index (Phi) is 10.5. The number of likely N-dealkylation sites (tertiary alicyclic amines) is 1. The number of β-amino-alcohol motifs (C(OH)–C–C–N with tert-alkyl or cyclic N) is 1. The van der Waals surface area contributed by atoms with Gasteiger partial charge in [-0.1, -0.05) is 32.4 Å². The van der Waals surface area contributed by atoms with Crippen molar-refractivity contribution in [3.05, 3.63) is 47.6 Å². The summed E-state index contributed by atoms with van der Waals surface area (Å²) in [6.07, 6.45) is 4.62. The Balaban J connectivity index is 1.41. The molecule has 2 aromatic carbocycles.